The summed E-state index contributed by atoms with van der Waals surface area (Å²) < 4.78 is 27.1. The fraction of sp³-hybridized carbons (Fsp3) is 0.263. The Bertz CT molecular complexity index is 907. The maximum Gasteiger partial charge on any atom is 0.255 e. The number of carbonyl (C=O) groups excluding carboxylic acids is 2. The minimum atomic E-state index is -3.60. The predicted molar refractivity (Wildman–Crippen MR) is 105 cm³/mol. The summed E-state index contributed by atoms with van der Waals surface area (Å²) >= 11 is 0. The number of rotatable bonds is 7. The van der Waals surface area contributed by atoms with Gasteiger partial charge in [0, 0.05) is 29.9 Å². The maximum atomic E-state index is 12.3. The zero-order valence-corrected chi connectivity index (χ0v) is 16.3. The first-order valence-corrected chi connectivity index (χ1v) is 10.0. The first-order chi connectivity index (χ1) is 12.7. The van der Waals surface area contributed by atoms with Crippen molar-refractivity contribution in [1.82, 2.24) is 4.72 Å². The van der Waals surface area contributed by atoms with Crippen LogP contribution < -0.4 is 15.4 Å². The third-order valence-corrected chi connectivity index (χ3v) is 5.46. The van der Waals surface area contributed by atoms with E-state index in [-0.39, 0.29) is 22.8 Å². The predicted octanol–water partition coefficient (Wildman–Crippen LogP) is 2.97. The molecule has 0 spiro atoms. The molecule has 0 aliphatic heterocycles. The van der Waals surface area contributed by atoms with Crippen LogP contribution in [0.3, 0.4) is 0 Å². The van der Waals surface area contributed by atoms with Gasteiger partial charge in [0.2, 0.25) is 15.9 Å². The highest BCUT2D eigenvalue weighted by atomic mass is 32.2. The average molecular weight is 389 g/mol. The quantitative estimate of drug-likeness (QED) is 0.677. The molecule has 1 unspecified atom stereocenters. The molecule has 0 heterocycles. The Hall–Kier alpha value is -2.71. The molecule has 27 heavy (non-hydrogen) atoms. The van der Waals surface area contributed by atoms with Crippen molar-refractivity contribution < 1.29 is 18.0 Å². The van der Waals surface area contributed by atoms with E-state index in [0.29, 0.717) is 23.4 Å². The van der Waals surface area contributed by atoms with Crippen LogP contribution in [0.15, 0.2) is 53.4 Å². The molecule has 8 heteroatoms. The van der Waals surface area contributed by atoms with Gasteiger partial charge in [-0.25, -0.2) is 13.1 Å². The van der Waals surface area contributed by atoms with E-state index in [1.807, 2.05) is 6.92 Å². The summed E-state index contributed by atoms with van der Waals surface area (Å²) in [7, 11) is -3.60. The van der Waals surface area contributed by atoms with Crippen molar-refractivity contribution in [2.75, 3.05) is 10.6 Å². The molecule has 2 rings (SSSR count). The van der Waals surface area contributed by atoms with Gasteiger partial charge >= 0.3 is 0 Å². The van der Waals surface area contributed by atoms with Crippen LogP contribution in [0.1, 0.15) is 37.6 Å². The minimum Gasteiger partial charge on any atom is -0.326 e. The van der Waals surface area contributed by atoms with Crippen molar-refractivity contribution in [3.8, 4) is 0 Å². The van der Waals surface area contributed by atoms with Crippen LogP contribution in [0, 0.1) is 0 Å². The van der Waals surface area contributed by atoms with Gasteiger partial charge in [0.05, 0.1) is 4.90 Å². The van der Waals surface area contributed by atoms with Gasteiger partial charge in [-0.05, 0) is 61.9 Å². The van der Waals surface area contributed by atoms with Gasteiger partial charge in [-0.15, -0.1) is 0 Å². The summed E-state index contributed by atoms with van der Waals surface area (Å²) in [4.78, 5) is 23.4. The van der Waals surface area contributed by atoms with Gasteiger partial charge < -0.3 is 10.6 Å². The smallest absolute Gasteiger partial charge is 0.255 e. The lowest BCUT2D eigenvalue weighted by Crippen LogP contribution is -2.32. The van der Waals surface area contributed by atoms with Crippen LogP contribution in [0.5, 0.6) is 0 Å². The monoisotopic (exact) mass is 389 g/mol. The van der Waals surface area contributed by atoms with Gasteiger partial charge in [-0.3, -0.25) is 9.59 Å². The van der Waals surface area contributed by atoms with E-state index in [4.69, 9.17) is 0 Å². The van der Waals surface area contributed by atoms with Gasteiger partial charge in [-0.1, -0.05) is 6.92 Å². The van der Waals surface area contributed by atoms with E-state index in [0.717, 1.165) is 0 Å². The summed E-state index contributed by atoms with van der Waals surface area (Å²) in [5, 5.41) is 5.36. The lowest BCUT2D eigenvalue weighted by Gasteiger charge is -2.12. The normalized spacial score (nSPS) is 12.3. The van der Waals surface area contributed by atoms with Crippen LogP contribution in [0.25, 0.3) is 0 Å². The fourth-order valence-electron chi connectivity index (χ4n) is 2.25. The van der Waals surface area contributed by atoms with Crippen molar-refractivity contribution in [2.45, 2.75) is 38.1 Å². The second-order valence-corrected chi connectivity index (χ2v) is 7.88. The summed E-state index contributed by atoms with van der Waals surface area (Å²) in [5.74, 6) is -0.536. The second-order valence-electron chi connectivity index (χ2n) is 6.17. The Labute approximate surface area is 159 Å². The maximum absolute atomic E-state index is 12.3. The van der Waals surface area contributed by atoms with Crippen LogP contribution in [-0.2, 0) is 14.8 Å². The molecule has 0 fully saturated rings. The molecular weight excluding hydrogens is 366 g/mol. The van der Waals surface area contributed by atoms with Crippen molar-refractivity contribution in [1.29, 1.82) is 0 Å². The number of hydrogen-bond donors (Lipinski definition) is 3. The standard InChI is InChI=1S/C19H23N3O4S/c1-4-13(2)22-27(25,26)18-11-5-15(6-12-18)19(24)21-17-9-7-16(8-10-17)20-14(3)23/h5-13,22H,4H2,1-3H3,(H,20,23)(H,21,24). The third-order valence-electron chi connectivity index (χ3n) is 3.86. The van der Waals surface area contributed by atoms with Crippen LogP contribution in [0.4, 0.5) is 11.4 Å². The number of anilines is 2. The van der Waals surface area contributed by atoms with E-state index in [2.05, 4.69) is 15.4 Å². The van der Waals surface area contributed by atoms with Crippen molar-refractivity contribution in [3.63, 3.8) is 0 Å². The zero-order chi connectivity index (χ0) is 20.0. The molecule has 0 aliphatic carbocycles. The third kappa shape index (κ3) is 5.90. The largest absolute Gasteiger partial charge is 0.326 e. The average Bonchev–Trinajstić information content (AvgIpc) is 2.62. The molecule has 2 aromatic carbocycles. The number of amides is 2. The Morgan fingerprint density at radius 2 is 1.44 bits per heavy atom. The molecule has 0 saturated carbocycles. The van der Waals surface area contributed by atoms with Gasteiger partial charge in [0.15, 0.2) is 0 Å². The summed E-state index contributed by atoms with van der Waals surface area (Å²) in [6.45, 7) is 5.10. The van der Waals surface area contributed by atoms with Crippen LogP contribution >= 0.6 is 0 Å². The molecule has 2 amide bonds. The first kappa shape index (κ1) is 20.6. The fourth-order valence-corrected chi connectivity index (χ4v) is 3.57. The lowest BCUT2D eigenvalue weighted by atomic mass is 10.2. The molecule has 0 saturated heterocycles. The van der Waals surface area contributed by atoms with E-state index >= 15 is 0 Å². The van der Waals surface area contributed by atoms with Crippen molar-refractivity contribution in [2.24, 2.45) is 0 Å². The number of benzene rings is 2. The SMILES string of the molecule is CCC(C)NS(=O)(=O)c1ccc(C(=O)Nc2ccc(NC(C)=O)cc2)cc1. The highest BCUT2D eigenvalue weighted by Gasteiger charge is 2.17. The van der Waals surface area contributed by atoms with Gasteiger partial charge in [0.1, 0.15) is 0 Å². The molecule has 144 valence electrons. The molecule has 3 N–H and O–H groups in total. The zero-order valence-electron chi connectivity index (χ0n) is 15.4. The molecule has 1 atom stereocenters. The Kier molecular flexibility index (Phi) is 6.70. The highest BCUT2D eigenvalue weighted by molar-refractivity contribution is 7.89. The Balaban J connectivity index is 2.06. The second kappa shape index (κ2) is 8.79. The summed E-state index contributed by atoms with van der Waals surface area (Å²) in [6.07, 6.45) is 0.681. The Morgan fingerprint density at radius 1 is 0.926 bits per heavy atom. The molecule has 0 radical (unpaired) electrons. The summed E-state index contributed by atoms with van der Waals surface area (Å²) in [6, 6.07) is 12.2. The number of sulfonamides is 1. The van der Waals surface area contributed by atoms with Crippen LogP contribution in [-0.4, -0.2) is 26.3 Å². The molecule has 0 aromatic heterocycles. The molecule has 7 nitrogen and oxygen atoms in total. The van der Waals surface area contributed by atoms with Crippen LogP contribution in [0.2, 0.25) is 0 Å². The van der Waals surface area contributed by atoms with Crippen molar-refractivity contribution in [3.05, 3.63) is 54.1 Å². The molecule has 2 aromatic rings. The highest BCUT2D eigenvalue weighted by Crippen LogP contribution is 2.16. The number of hydrogen-bond acceptors (Lipinski definition) is 4. The van der Waals surface area contributed by atoms with E-state index < -0.39 is 10.0 Å². The minimum absolute atomic E-state index is 0.110. The van der Waals surface area contributed by atoms with Crippen molar-refractivity contribution >= 4 is 33.2 Å². The molecule has 0 bridgehead atoms. The summed E-state index contributed by atoms with van der Waals surface area (Å²) in [5.41, 5.74) is 1.52. The number of nitrogens with one attached hydrogen (secondary N) is 3. The van der Waals surface area contributed by atoms with E-state index in [9.17, 15) is 18.0 Å². The number of carbonyl (C=O) groups is 2. The van der Waals surface area contributed by atoms with E-state index in [1.54, 1.807) is 31.2 Å². The van der Waals surface area contributed by atoms with Gasteiger partial charge in [-0.2, -0.15) is 0 Å². The molecular formula is C19H23N3O4S. The van der Waals surface area contributed by atoms with Gasteiger partial charge in [0.25, 0.3) is 5.91 Å². The Morgan fingerprint density at radius 3 is 1.93 bits per heavy atom. The first-order valence-electron chi connectivity index (χ1n) is 8.52. The van der Waals surface area contributed by atoms with E-state index in [1.165, 1.54) is 31.2 Å². The molecule has 0 aliphatic rings. The topological polar surface area (TPSA) is 104 Å². The lowest BCUT2D eigenvalue weighted by molar-refractivity contribution is -0.114.